The average molecular weight is 367 g/mol. The third kappa shape index (κ3) is 4.55. The smallest absolute Gasteiger partial charge is 0.341 e. The topological polar surface area (TPSA) is 55.4 Å². The van der Waals surface area contributed by atoms with Crippen LogP contribution >= 0.6 is 0 Å². The fourth-order valence-corrected chi connectivity index (χ4v) is 2.51. The van der Waals surface area contributed by atoms with Crippen molar-refractivity contribution in [2.24, 2.45) is 0 Å². The Morgan fingerprint density at radius 3 is 2.33 bits per heavy atom. The minimum absolute atomic E-state index is 0.436. The number of para-hydroxylation sites is 1. The molecular weight excluding hydrogens is 352 g/mol. The first-order valence-electron chi connectivity index (χ1n) is 8.11. The summed E-state index contributed by atoms with van der Waals surface area (Å²) in [4.78, 5) is 24.0. The molecule has 0 aliphatic carbocycles. The Bertz CT molecular complexity index is 974. The van der Waals surface area contributed by atoms with E-state index in [0.29, 0.717) is 11.8 Å². The first-order chi connectivity index (χ1) is 13.0. The van der Waals surface area contributed by atoms with Crippen LogP contribution in [-0.2, 0) is 9.53 Å². The van der Waals surface area contributed by atoms with Crippen LogP contribution in [0.2, 0.25) is 0 Å². The van der Waals surface area contributed by atoms with E-state index < -0.39 is 35.7 Å². The van der Waals surface area contributed by atoms with E-state index in [1.165, 1.54) is 0 Å². The number of amides is 1. The van der Waals surface area contributed by atoms with Crippen LogP contribution < -0.4 is 5.32 Å². The van der Waals surface area contributed by atoms with Gasteiger partial charge in [0, 0.05) is 17.3 Å². The molecule has 0 aliphatic rings. The molecule has 4 nitrogen and oxygen atoms in total. The maximum Gasteiger partial charge on any atom is 0.341 e. The summed E-state index contributed by atoms with van der Waals surface area (Å²) < 4.78 is 31.3. The van der Waals surface area contributed by atoms with E-state index >= 15 is 0 Å². The van der Waals surface area contributed by atoms with E-state index in [-0.39, 0.29) is 0 Å². The standard InChI is InChI=1S/C21H15F2NO3/c22-15-10-11-17(18(23)12-15)21(26)27-13-20(25)24-19-9-5-4-8-16(19)14-6-2-1-3-7-14/h1-12H,13H2,(H,24,25). The van der Waals surface area contributed by atoms with Crippen molar-refractivity contribution in [3.63, 3.8) is 0 Å². The summed E-state index contributed by atoms with van der Waals surface area (Å²) in [7, 11) is 0. The van der Waals surface area contributed by atoms with Crippen LogP contribution in [0.1, 0.15) is 10.4 Å². The van der Waals surface area contributed by atoms with Crippen molar-refractivity contribution in [2.45, 2.75) is 0 Å². The van der Waals surface area contributed by atoms with Crippen LogP contribution in [0.25, 0.3) is 11.1 Å². The van der Waals surface area contributed by atoms with E-state index in [0.717, 1.165) is 23.3 Å². The van der Waals surface area contributed by atoms with Gasteiger partial charge in [-0.1, -0.05) is 48.5 Å². The maximum atomic E-state index is 13.6. The number of carbonyl (C=O) groups excluding carboxylic acids is 2. The molecule has 0 saturated heterocycles. The van der Waals surface area contributed by atoms with Gasteiger partial charge in [0.25, 0.3) is 5.91 Å². The van der Waals surface area contributed by atoms with Gasteiger partial charge in [0.2, 0.25) is 0 Å². The Morgan fingerprint density at radius 2 is 1.59 bits per heavy atom. The number of carbonyl (C=O) groups is 2. The predicted octanol–water partition coefficient (Wildman–Crippen LogP) is 4.43. The Kier molecular flexibility index (Phi) is 5.56. The van der Waals surface area contributed by atoms with Gasteiger partial charge in [-0.2, -0.15) is 0 Å². The first-order valence-corrected chi connectivity index (χ1v) is 8.11. The van der Waals surface area contributed by atoms with Crippen molar-refractivity contribution in [3.8, 4) is 11.1 Å². The van der Waals surface area contributed by atoms with E-state index in [2.05, 4.69) is 5.32 Å². The van der Waals surface area contributed by atoms with Gasteiger partial charge < -0.3 is 10.1 Å². The molecule has 0 spiro atoms. The summed E-state index contributed by atoms with van der Waals surface area (Å²) in [5, 5.41) is 2.67. The van der Waals surface area contributed by atoms with Crippen molar-refractivity contribution in [3.05, 3.63) is 90.0 Å². The molecule has 0 radical (unpaired) electrons. The van der Waals surface area contributed by atoms with Crippen molar-refractivity contribution in [1.29, 1.82) is 0 Å². The molecule has 0 bridgehead atoms. The van der Waals surface area contributed by atoms with Crippen molar-refractivity contribution >= 4 is 17.6 Å². The largest absolute Gasteiger partial charge is 0.452 e. The monoisotopic (exact) mass is 367 g/mol. The fraction of sp³-hybridized carbons (Fsp3) is 0.0476. The van der Waals surface area contributed by atoms with Gasteiger partial charge in [0.15, 0.2) is 6.61 Å². The number of rotatable bonds is 5. The van der Waals surface area contributed by atoms with Crippen molar-refractivity contribution < 1.29 is 23.1 Å². The highest BCUT2D eigenvalue weighted by Crippen LogP contribution is 2.27. The molecule has 0 aromatic heterocycles. The highest BCUT2D eigenvalue weighted by Gasteiger charge is 2.16. The summed E-state index contributed by atoms with van der Waals surface area (Å²) in [6.45, 7) is -0.598. The number of anilines is 1. The molecule has 136 valence electrons. The second-order valence-electron chi connectivity index (χ2n) is 5.66. The molecule has 0 heterocycles. The van der Waals surface area contributed by atoms with Crippen LogP contribution in [0.5, 0.6) is 0 Å². The average Bonchev–Trinajstić information content (AvgIpc) is 2.67. The Balaban J connectivity index is 1.66. The second-order valence-corrected chi connectivity index (χ2v) is 5.66. The van der Waals surface area contributed by atoms with Crippen molar-refractivity contribution in [1.82, 2.24) is 0 Å². The molecule has 3 aromatic rings. The number of nitrogens with one attached hydrogen (secondary N) is 1. The molecule has 0 unspecified atom stereocenters. The molecule has 3 rings (SSSR count). The molecule has 6 heteroatoms. The number of ether oxygens (including phenoxy) is 1. The van der Waals surface area contributed by atoms with Gasteiger partial charge in [-0.05, 0) is 23.8 Å². The highest BCUT2D eigenvalue weighted by molar-refractivity contribution is 5.98. The SMILES string of the molecule is O=C(COC(=O)c1ccc(F)cc1F)Nc1ccccc1-c1ccccc1. The number of esters is 1. The van der Waals surface area contributed by atoms with Gasteiger partial charge in [0.05, 0.1) is 5.56 Å². The molecule has 3 aromatic carbocycles. The normalized spacial score (nSPS) is 10.3. The van der Waals surface area contributed by atoms with Crippen LogP contribution in [0.15, 0.2) is 72.8 Å². The summed E-state index contributed by atoms with van der Waals surface area (Å²) in [6, 6.07) is 19.1. The number of halogens is 2. The van der Waals surface area contributed by atoms with Crippen LogP contribution in [0.4, 0.5) is 14.5 Å². The third-order valence-electron chi connectivity index (χ3n) is 3.77. The van der Waals surface area contributed by atoms with Crippen LogP contribution in [0, 0.1) is 11.6 Å². The van der Waals surface area contributed by atoms with E-state index in [1.807, 2.05) is 42.5 Å². The lowest BCUT2D eigenvalue weighted by atomic mass is 10.0. The van der Waals surface area contributed by atoms with Gasteiger partial charge in [-0.3, -0.25) is 4.79 Å². The molecule has 0 saturated carbocycles. The highest BCUT2D eigenvalue weighted by atomic mass is 19.1. The first kappa shape index (κ1) is 18.3. The molecule has 1 N–H and O–H groups in total. The lowest BCUT2D eigenvalue weighted by molar-refractivity contribution is -0.119. The summed E-state index contributed by atoms with van der Waals surface area (Å²) in [5.41, 5.74) is 1.84. The third-order valence-corrected chi connectivity index (χ3v) is 3.77. The predicted molar refractivity (Wildman–Crippen MR) is 97.1 cm³/mol. The van der Waals surface area contributed by atoms with Gasteiger partial charge in [0.1, 0.15) is 11.6 Å². The molecule has 1 amide bonds. The lowest BCUT2D eigenvalue weighted by Crippen LogP contribution is -2.21. The Hall–Kier alpha value is -3.54. The fourth-order valence-electron chi connectivity index (χ4n) is 2.51. The molecule has 27 heavy (non-hydrogen) atoms. The number of hydrogen-bond acceptors (Lipinski definition) is 3. The van der Waals surface area contributed by atoms with Gasteiger partial charge in [-0.15, -0.1) is 0 Å². The molecular formula is C21H15F2NO3. The summed E-state index contributed by atoms with van der Waals surface area (Å²) in [5.74, 6) is -3.47. The maximum absolute atomic E-state index is 13.6. The minimum atomic E-state index is -1.05. The van der Waals surface area contributed by atoms with Gasteiger partial charge >= 0.3 is 5.97 Å². The molecule has 0 fully saturated rings. The Morgan fingerprint density at radius 1 is 0.889 bits per heavy atom. The molecule has 0 atom stereocenters. The molecule has 0 aliphatic heterocycles. The minimum Gasteiger partial charge on any atom is -0.452 e. The van der Waals surface area contributed by atoms with E-state index in [4.69, 9.17) is 4.74 Å². The van der Waals surface area contributed by atoms with Gasteiger partial charge in [-0.25, -0.2) is 13.6 Å². The second kappa shape index (κ2) is 8.23. The summed E-state index contributed by atoms with van der Waals surface area (Å²) in [6.07, 6.45) is 0. The van der Waals surface area contributed by atoms with E-state index in [1.54, 1.807) is 12.1 Å². The van der Waals surface area contributed by atoms with Crippen LogP contribution in [-0.4, -0.2) is 18.5 Å². The zero-order valence-corrected chi connectivity index (χ0v) is 14.1. The Labute approximate surface area is 154 Å². The van der Waals surface area contributed by atoms with E-state index in [9.17, 15) is 18.4 Å². The number of benzene rings is 3. The zero-order chi connectivity index (χ0) is 19.2. The lowest BCUT2D eigenvalue weighted by Gasteiger charge is -2.11. The summed E-state index contributed by atoms with van der Waals surface area (Å²) >= 11 is 0. The number of hydrogen-bond donors (Lipinski definition) is 1. The van der Waals surface area contributed by atoms with Crippen molar-refractivity contribution in [2.75, 3.05) is 11.9 Å². The zero-order valence-electron chi connectivity index (χ0n) is 14.1. The quantitative estimate of drug-likeness (QED) is 0.679. The van der Waals surface area contributed by atoms with Crippen LogP contribution in [0.3, 0.4) is 0 Å².